The molecule has 1 N–H and O–H groups in total. The molecule has 1 aromatic carbocycles. The fraction of sp³-hybridized carbons (Fsp3) is 0.391. The van der Waals surface area contributed by atoms with E-state index in [9.17, 15) is 14.3 Å². The molecular weight excluding hydrogens is 407 g/mol. The van der Waals surface area contributed by atoms with Crippen molar-refractivity contribution >= 4 is 23.0 Å². The Labute approximate surface area is 180 Å². The van der Waals surface area contributed by atoms with Gasteiger partial charge in [0.1, 0.15) is 18.1 Å². The molecule has 2 heterocycles. The Balaban J connectivity index is 1.85. The van der Waals surface area contributed by atoms with Crippen LogP contribution < -0.4 is 4.74 Å². The van der Waals surface area contributed by atoms with E-state index in [0.717, 1.165) is 19.3 Å². The van der Waals surface area contributed by atoms with Crippen LogP contribution in [0.1, 0.15) is 54.4 Å². The molecule has 0 bridgehead atoms. The van der Waals surface area contributed by atoms with Crippen molar-refractivity contribution in [2.75, 3.05) is 6.61 Å². The topological polar surface area (TPSA) is 63.8 Å². The monoisotopic (exact) mass is 432 g/mol. The number of hydrogen-bond acceptors (Lipinski definition) is 4. The van der Waals surface area contributed by atoms with Crippen LogP contribution in [0, 0.1) is 18.7 Å². The van der Waals surface area contributed by atoms with Gasteiger partial charge < -0.3 is 9.84 Å². The number of ether oxygens (including phenoxy) is 1. The Morgan fingerprint density at radius 2 is 2.13 bits per heavy atom. The predicted molar refractivity (Wildman–Crippen MR) is 115 cm³/mol. The number of unbranched alkanes of at least 4 members (excludes halogenated alkanes) is 1. The highest BCUT2D eigenvalue weighted by molar-refractivity contribution is 6.31. The SMILES string of the molecule is CCCC[C@H](CO)CC(=O)c1c(C)nc2c(OCc3c(F)cccc3Cl)cccn12. The average molecular weight is 433 g/mol. The van der Waals surface area contributed by atoms with Crippen LogP contribution in [0.3, 0.4) is 0 Å². The van der Waals surface area contributed by atoms with E-state index < -0.39 is 5.82 Å². The van der Waals surface area contributed by atoms with Gasteiger partial charge in [0.25, 0.3) is 0 Å². The molecule has 0 fully saturated rings. The number of aliphatic hydroxyl groups excluding tert-OH is 1. The summed E-state index contributed by atoms with van der Waals surface area (Å²) in [5.41, 5.74) is 1.82. The fourth-order valence-electron chi connectivity index (χ4n) is 3.53. The molecule has 1 atom stereocenters. The largest absolute Gasteiger partial charge is 0.485 e. The number of rotatable bonds is 10. The first-order valence-electron chi connectivity index (χ1n) is 10.1. The van der Waals surface area contributed by atoms with Gasteiger partial charge in [-0.15, -0.1) is 0 Å². The Bertz CT molecular complexity index is 1010. The first-order valence-corrected chi connectivity index (χ1v) is 10.5. The van der Waals surface area contributed by atoms with Crippen LogP contribution in [0.2, 0.25) is 5.02 Å². The second-order valence-electron chi connectivity index (χ2n) is 7.42. The lowest BCUT2D eigenvalue weighted by atomic mass is 9.95. The highest BCUT2D eigenvalue weighted by atomic mass is 35.5. The first kappa shape index (κ1) is 22.2. The van der Waals surface area contributed by atoms with E-state index in [2.05, 4.69) is 11.9 Å². The molecule has 0 radical (unpaired) electrons. The number of imidazole rings is 1. The van der Waals surface area contributed by atoms with Crippen molar-refractivity contribution in [3.63, 3.8) is 0 Å². The van der Waals surface area contributed by atoms with E-state index >= 15 is 0 Å². The molecule has 3 rings (SSSR count). The molecular formula is C23H26ClFN2O3. The summed E-state index contributed by atoms with van der Waals surface area (Å²) >= 11 is 6.08. The molecule has 0 saturated heterocycles. The quantitative estimate of drug-likeness (QED) is 0.436. The average Bonchev–Trinajstić information content (AvgIpc) is 3.07. The van der Waals surface area contributed by atoms with Crippen molar-refractivity contribution in [2.24, 2.45) is 5.92 Å². The van der Waals surface area contributed by atoms with Gasteiger partial charge in [-0.05, 0) is 43.5 Å². The van der Waals surface area contributed by atoms with E-state index in [0.29, 0.717) is 27.8 Å². The number of nitrogens with zero attached hydrogens (tertiary/aromatic N) is 2. The van der Waals surface area contributed by atoms with E-state index in [1.165, 1.54) is 12.1 Å². The lowest BCUT2D eigenvalue weighted by Gasteiger charge is -2.13. The number of carbonyl (C=O) groups excluding carboxylic acids is 1. The summed E-state index contributed by atoms with van der Waals surface area (Å²) < 4.78 is 21.5. The number of halogens is 2. The van der Waals surface area contributed by atoms with Crippen molar-refractivity contribution in [3.05, 3.63) is 64.3 Å². The van der Waals surface area contributed by atoms with Crippen LogP contribution in [0.15, 0.2) is 36.5 Å². The molecule has 0 unspecified atom stereocenters. The van der Waals surface area contributed by atoms with Gasteiger partial charge in [0.05, 0.1) is 10.7 Å². The van der Waals surface area contributed by atoms with Crippen LogP contribution in [0.4, 0.5) is 4.39 Å². The minimum atomic E-state index is -0.438. The van der Waals surface area contributed by atoms with Crippen molar-refractivity contribution in [1.82, 2.24) is 9.38 Å². The minimum absolute atomic E-state index is 0.0146. The van der Waals surface area contributed by atoms with Crippen molar-refractivity contribution in [3.8, 4) is 5.75 Å². The highest BCUT2D eigenvalue weighted by Crippen LogP contribution is 2.27. The molecule has 3 aromatic rings. The van der Waals surface area contributed by atoms with Crippen LogP contribution in [-0.2, 0) is 6.61 Å². The number of Topliss-reactive ketones (excluding diaryl/α,β-unsaturated/α-hetero) is 1. The molecule has 5 nitrogen and oxygen atoms in total. The third-order valence-corrected chi connectivity index (χ3v) is 5.54. The molecule has 0 saturated carbocycles. The zero-order chi connectivity index (χ0) is 21.7. The minimum Gasteiger partial charge on any atom is -0.485 e. The second-order valence-corrected chi connectivity index (χ2v) is 7.83. The number of aromatic nitrogens is 2. The Kier molecular flexibility index (Phi) is 7.45. The lowest BCUT2D eigenvalue weighted by Crippen LogP contribution is -2.15. The summed E-state index contributed by atoms with van der Waals surface area (Å²) in [7, 11) is 0. The normalized spacial score (nSPS) is 12.3. The molecule has 2 aromatic heterocycles. The molecule has 0 aliphatic rings. The zero-order valence-corrected chi connectivity index (χ0v) is 18.0. The van der Waals surface area contributed by atoms with Gasteiger partial charge in [-0.2, -0.15) is 0 Å². The Hall–Kier alpha value is -2.44. The standard InChI is InChI=1S/C23H26ClFN2O3/c1-3-4-7-16(13-28)12-20(29)22-15(2)26-23-21(10-6-11-27(22)23)30-14-17-18(24)8-5-9-19(17)25/h5-6,8-11,16,28H,3-4,7,12-14H2,1-2H3/t16-/m0/s1. The zero-order valence-electron chi connectivity index (χ0n) is 17.2. The smallest absolute Gasteiger partial charge is 0.181 e. The predicted octanol–water partition coefficient (Wildman–Crippen LogP) is 5.39. The number of aliphatic hydroxyl groups is 1. The van der Waals surface area contributed by atoms with Gasteiger partial charge in [-0.1, -0.05) is 37.4 Å². The van der Waals surface area contributed by atoms with Crippen molar-refractivity contribution < 1.29 is 19.0 Å². The van der Waals surface area contributed by atoms with Gasteiger partial charge in [-0.3, -0.25) is 9.20 Å². The van der Waals surface area contributed by atoms with Gasteiger partial charge in [-0.25, -0.2) is 9.37 Å². The maximum Gasteiger partial charge on any atom is 0.181 e. The maximum absolute atomic E-state index is 14.0. The van der Waals surface area contributed by atoms with Crippen LogP contribution in [0.5, 0.6) is 5.75 Å². The van der Waals surface area contributed by atoms with Gasteiger partial charge in [0, 0.05) is 24.8 Å². The molecule has 0 spiro atoms. The number of hydrogen-bond donors (Lipinski definition) is 1. The number of ketones is 1. The summed E-state index contributed by atoms with van der Waals surface area (Å²) in [6.45, 7) is 3.79. The second kappa shape index (κ2) is 10.0. The number of fused-ring (bicyclic) bond motifs is 1. The van der Waals surface area contributed by atoms with E-state index in [1.807, 2.05) is 0 Å². The molecule has 0 aliphatic carbocycles. The summed E-state index contributed by atoms with van der Waals surface area (Å²) in [6, 6.07) is 7.96. The van der Waals surface area contributed by atoms with E-state index in [-0.39, 0.29) is 36.9 Å². The Morgan fingerprint density at radius 3 is 2.83 bits per heavy atom. The number of pyridine rings is 1. The molecule has 7 heteroatoms. The van der Waals surface area contributed by atoms with Gasteiger partial charge >= 0.3 is 0 Å². The molecule has 160 valence electrons. The third kappa shape index (κ3) is 4.82. The van der Waals surface area contributed by atoms with Crippen LogP contribution in [-0.4, -0.2) is 26.9 Å². The fourth-order valence-corrected chi connectivity index (χ4v) is 3.75. The number of aryl methyl sites for hydroxylation is 1. The molecule has 0 aliphatic heterocycles. The van der Waals surface area contributed by atoms with Gasteiger partial charge in [0.2, 0.25) is 0 Å². The molecule has 0 amide bonds. The maximum atomic E-state index is 14.0. The van der Waals surface area contributed by atoms with Crippen LogP contribution >= 0.6 is 11.6 Å². The summed E-state index contributed by atoms with van der Waals surface area (Å²) in [6.07, 6.45) is 4.83. The van der Waals surface area contributed by atoms with Gasteiger partial charge in [0.15, 0.2) is 17.2 Å². The third-order valence-electron chi connectivity index (χ3n) is 5.18. The first-order chi connectivity index (χ1) is 14.5. The van der Waals surface area contributed by atoms with Crippen molar-refractivity contribution in [2.45, 2.75) is 46.1 Å². The summed E-state index contributed by atoms with van der Waals surface area (Å²) in [5, 5.41) is 9.90. The van der Waals surface area contributed by atoms with Crippen LogP contribution in [0.25, 0.3) is 5.65 Å². The lowest BCUT2D eigenvalue weighted by molar-refractivity contribution is 0.0923. The molecule has 30 heavy (non-hydrogen) atoms. The number of carbonyl (C=O) groups is 1. The summed E-state index contributed by atoms with van der Waals surface area (Å²) in [5.74, 6) is -0.134. The highest BCUT2D eigenvalue weighted by Gasteiger charge is 2.22. The van der Waals surface area contributed by atoms with Crippen molar-refractivity contribution in [1.29, 1.82) is 0 Å². The Morgan fingerprint density at radius 1 is 1.33 bits per heavy atom. The van der Waals surface area contributed by atoms with E-state index in [1.54, 1.807) is 35.7 Å². The summed E-state index contributed by atoms with van der Waals surface area (Å²) in [4.78, 5) is 17.5. The van der Waals surface area contributed by atoms with E-state index in [4.69, 9.17) is 16.3 Å². The number of benzene rings is 1.